The molecule has 3 aromatic rings. The second-order valence-electron chi connectivity index (χ2n) is 7.35. The lowest BCUT2D eigenvalue weighted by atomic mass is 10.1. The van der Waals surface area contributed by atoms with Crippen LogP contribution in [0.3, 0.4) is 0 Å². The minimum Gasteiger partial charge on any atom is -0.489 e. The molecule has 0 bridgehead atoms. The molecule has 0 spiro atoms. The van der Waals surface area contributed by atoms with Crippen molar-refractivity contribution >= 4 is 40.5 Å². The largest absolute Gasteiger partial charge is 0.489 e. The lowest BCUT2D eigenvalue weighted by Crippen LogP contribution is -2.28. The van der Waals surface area contributed by atoms with Gasteiger partial charge in [0.1, 0.15) is 12.4 Å². The van der Waals surface area contributed by atoms with Crippen LogP contribution in [0, 0.1) is 0 Å². The fourth-order valence-electron chi connectivity index (χ4n) is 3.33. The van der Waals surface area contributed by atoms with Gasteiger partial charge >= 0.3 is 0 Å². The summed E-state index contributed by atoms with van der Waals surface area (Å²) in [7, 11) is 0. The molecule has 4 nitrogen and oxygen atoms in total. The SMILES string of the molecule is C=CCOc1ccc(Cl)cc1/C=C1/SC(=NCc2ccccc2)N(Cc2ccccc2)C1=O. The van der Waals surface area contributed by atoms with E-state index in [0.29, 0.717) is 40.5 Å². The molecule has 0 atom stereocenters. The molecule has 6 heteroatoms. The molecule has 1 amide bonds. The molecule has 4 rings (SSSR count). The summed E-state index contributed by atoms with van der Waals surface area (Å²) in [6.07, 6.45) is 3.50. The molecule has 1 fully saturated rings. The van der Waals surface area contributed by atoms with Crippen molar-refractivity contribution in [3.8, 4) is 5.75 Å². The van der Waals surface area contributed by atoms with Crippen LogP contribution in [0.25, 0.3) is 6.08 Å². The number of amidine groups is 1. The predicted octanol–water partition coefficient (Wildman–Crippen LogP) is 6.58. The highest BCUT2D eigenvalue weighted by molar-refractivity contribution is 8.18. The molecule has 0 radical (unpaired) electrons. The Hall–Kier alpha value is -3.28. The first kappa shape index (κ1) is 22.9. The number of nitrogens with zero attached hydrogens (tertiary/aromatic N) is 2. The van der Waals surface area contributed by atoms with Gasteiger partial charge in [0.15, 0.2) is 5.17 Å². The molecule has 1 heterocycles. The average molecular weight is 475 g/mol. The summed E-state index contributed by atoms with van der Waals surface area (Å²) in [6.45, 7) is 5.01. The number of carbonyl (C=O) groups excluding carboxylic acids is 1. The van der Waals surface area contributed by atoms with E-state index < -0.39 is 0 Å². The Morgan fingerprint density at radius 1 is 1.00 bits per heavy atom. The molecule has 0 aromatic heterocycles. The summed E-state index contributed by atoms with van der Waals surface area (Å²) in [5.74, 6) is 0.551. The van der Waals surface area contributed by atoms with Crippen molar-refractivity contribution in [3.05, 3.63) is 118 Å². The third kappa shape index (κ3) is 5.95. The molecule has 0 N–H and O–H groups in total. The highest BCUT2D eigenvalue weighted by atomic mass is 35.5. The zero-order chi connectivity index (χ0) is 23.0. The van der Waals surface area contributed by atoms with Crippen LogP contribution in [-0.4, -0.2) is 22.6 Å². The van der Waals surface area contributed by atoms with E-state index in [-0.39, 0.29) is 5.91 Å². The van der Waals surface area contributed by atoms with Crippen LogP contribution >= 0.6 is 23.4 Å². The number of rotatable bonds is 8. The van der Waals surface area contributed by atoms with Crippen LogP contribution in [0.15, 0.2) is 101 Å². The monoisotopic (exact) mass is 474 g/mol. The normalized spacial score (nSPS) is 15.9. The molecule has 1 saturated heterocycles. The molecule has 1 aliphatic rings. The van der Waals surface area contributed by atoms with Gasteiger partial charge in [0.2, 0.25) is 0 Å². The third-order valence-corrected chi connectivity index (χ3v) is 6.21. The van der Waals surface area contributed by atoms with Gasteiger partial charge in [-0.15, -0.1) is 0 Å². The molecule has 1 aliphatic heterocycles. The second-order valence-corrected chi connectivity index (χ2v) is 8.80. The van der Waals surface area contributed by atoms with Gasteiger partial charge in [0, 0.05) is 10.6 Å². The number of halogens is 1. The van der Waals surface area contributed by atoms with Gasteiger partial charge in [-0.3, -0.25) is 14.7 Å². The van der Waals surface area contributed by atoms with Crippen LogP contribution < -0.4 is 4.74 Å². The first-order chi connectivity index (χ1) is 16.1. The summed E-state index contributed by atoms with van der Waals surface area (Å²) in [5.41, 5.74) is 2.87. The maximum atomic E-state index is 13.4. The number of aliphatic imine (C=N–C) groups is 1. The first-order valence-electron chi connectivity index (χ1n) is 10.5. The van der Waals surface area contributed by atoms with Crippen molar-refractivity contribution in [2.75, 3.05) is 6.61 Å². The number of amides is 1. The maximum absolute atomic E-state index is 13.4. The van der Waals surface area contributed by atoms with Gasteiger partial charge in [-0.25, -0.2) is 0 Å². The summed E-state index contributed by atoms with van der Waals surface area (Å²) in [5, 5.41) is 1.25. The summed E-state index contributed by atoms with van der Waals surface area (Å²) < 4.78 is 5.76. The molecular formula is C27H23ClN2O2S. The fraction of sp³-hybridized carbons (Fsp3) is 0.111. The molecule has 33 heavy (non-hydrogen) atoms. The van der Waals surface area contributed by atoms with Gasteiger partial charge in [0.05, 0.1) is 18.0 Å². The van der Waals surface area contributed by atoms with E-state index in [9.17, 15) is 4.79 Å². The molecule has 166 valence electrons. The highest BCUT2D eigenvalue weighted by Gasteiger charge is 2.33. The van der Waals surface area contributed by atoms with Gasteiger partial charge in [0.25, 0.3) is 5.91 Å². The Kier molecular flexibility index (Phi) is 7.66. The minimum atomic E-state index is -0.0923. The van der Waals surface area contributed by atoms with Crippen molar-refractivity contribution in [2.24, 2.45) is 4.99 Å². The number of thioether (sulfide) groups is 1. The van der Waals surface area contributed by atoms with E-state index in [1.807, 2.05) is 66.7 Å². The number of hydrogen-bond donors (Lipinski definition) is 0. The lowest BCUT2D eigenvalue weighted by Gasteiger charge is -2.15. The minimum absolute atomic E-state index is 0.0923. The highest BCUT2D eigenvalue weighted by Crippen LogP contribution is 2.36. The molecule has 0 aliphatic carbocycles. The molecule has 3 aromatic carbocycles. The maximum Gasteiger partial charge on any atom is 0.267 e. The van der Waals surface area contributed by atoms with Crippen molar-refractivity contribution in [3.63, 3.8) is 0 Å². The molecular weight excluding hydrogens is 452 g/mol. The smallest absolute Gasteiger partial charge is 0.267 e. The second kappa shape index (κ2) is 11.0. The average Bonchev–Trinajstić information content (AvgIpc) is 3.13. The summed E-state index contributed by atoms with van der Waals surface area (Å²) >= 11 is 7.59. The van der Waals surface area contributed by atoms with Crippen molar-refractivity contribution in [2.45, 2.75) is 13.1 Å². The zero-order valence-corrected chi connectivity index (χ0v) is 19.6. The zero-order valence-electron chi connectivity index (χ0n) is 18.0. The molecule has 0 unspecified atom stereocenters. The lowest BCUT2D eigenvalue weighted by molar-refractivity contribution is -0.122. The van der Waals surface area contributed by atoms with Gasteiger partial charge in [-0.05, 0) is 47.2 Å². The van der Waals surface area contributed by atoms with E-state index in [2.05, 4.69) is 6.58 Å². The van der Waals surface area contributed by atoms with Crippen molar-refractivity contribution < 1.29 is 9.53 Å². The number of ether oxygens (including phenoxy) is 1. The number of carbonyl (C=O) groups is 1. The number of benzene rings is 3. The first-order valence-corrected chi connectivity index (χ1v) is 11.7. The van der Waals surface area contributed by atoms with Gasteiger partial charge in [-0.2, -0.15) is 0 Å². The fourth-order valence-corrected chi connectivity index (χ4v) is 4.47. The van der Waals surface area contributed by atoms with Crippen LogP contribution in [-0.2, 0) is 17.9 Å². The van der Waals surface area contributed by atoms with Crippen LogP contribution in [0.2, 0.25) is 5.02 Å². The summed E-state index contributed by atoms with van der Waals surface area (Å²) in [6, 6.07) is 25.3. The van der Waals surface area contributed by atoms with Gasteiger partial charge < -0.3 is 4.74 Å². The Bertz CT molecular complexity index is 1190. The van der Waals surface area contributed by atoms with E-state index in [1.165, 1.54) is 11.8 Å². The topological polar surface area (TPSA) is 41.9 Å². The van der Waals surface area contributed by atoms with E-state index >= 15 is 0 Å². The van der Waals surface area contributed by atoms with Gasteiger partial charge in [-0.1, -0.05) is 84.9 Å². The Balaban J connectivity index is 1.66. The third-order valence-electron chi connectivity index (χ3n) is 4.93. The van der Waals surface area contributed by atoms with Crippen molar-refractivity contribution in [1.29, 1.82) is 0 Å². The van der Waals surface area contributed by atoms with E-state index in [4.69, 9.17) is 21.3 Å². The number of hydrogen-bond acceptors (Lipinski definition) is 4. The Morgan fingerprint density at radius 2 is 1.70 bits per heavy atom. The van der Waals surface area contributed by atoms with Crippen LogP contribution in [0.4, 0.5) is 0 Å². The summed E-state index contributed by atoms with van der Waals surface area (Å²) in [4.78, 5) is 20.5. The van der Waals surface area contributed by atoms with Crippen molar-refractivity contribution in [1.82, 2.24) is 4.90 Å². The van der Waals surface area contributed by atoms with E-state index in [1.54, 1.807) is 29.2 Å². The molecule has 0 saturated carbocycles. The Morgan fingerprint density at radius 3 is 2.39 bits per heavy atom. The van der Waals surface area contributed by atoms with Crippen LogP contribution in [0.5, 0.6) is 5.75 Å². The predicted molar refractivity (Wildman–Crippen MR) is 137 cm³/mol. The standard InChI is InChI=1S/C27H23ClN2O2S/c1-2-15-32-24-14-13-23(28)16-22(24)17-25-26(31)30(19-21-11-7-4-8-12-21)27(33-25)29-18-20-9-5-3-6-10-20/h2-14,16-17H,1,15,18-19H2/b25-17+,29-27?. The Labute approximate surface area is 203 Å². The van der Waals surface area contributed by atoms with Crippen LogP contribution in [0.1, 0.15) is 16.7 Å². The quantitative estimate of drug-likeness (QED) is 0.273. The van der Waals surface area contributed by atoms with E-state index in [0.717, 1.165) is 16.7 Å².